The van der Waals surface area contributed by atoms with E-state index in [0.29, 0.717) is 12.5 Å². The Balaban J connectivity index is 0.00000320. The quantitative estimate of drug-likeness (QED) is 0.217. The van der Waals surface area contributed by atoms with Crippen molar-refractivity contribution < 1.29 is 4.74 Å². The molecule has 0 bridgehead atoms. The molecule has 0 unspecified atom stereocenters. The summed E-state index contributed by atoms with van der Waals surface area (Å²) in [6, 6.07) is 9.91. The van der Waals surface area contributed by atoms with Crippen LogP contribution in [0.15, 0.2) is 40.7 Å². The van der Waals surface area contributed by atoms with E-state index in [4.69, 9.17) is 9.73 Å². The fraction of sp³-hybridized carbons (Fsp3) is 0.545. The molecule has 0 amide bonds. The number of hydrogen-bond acceptors (Lipinski definition) is 5. The van der Waals surface area contributed by atoms with Crippen molar-refractivity contribution in [3.63, 3.8) is 0 Å². The highest BCUT2D eigenvalue weighted by molar-refractivity contribution is 14.0. The highest BCUT2D eigenvalue weighted by Gasteiger charge is 2.19. The second-order valence-corrected chi connectivity index (χ2v) is 8.45. The van der Waals surface area contributed by atoms with Gasteiger partial charge in [-0.3, -0.25) is 9.89 Å². The number of piperidine rings is 1. The molecule has 0 spiro atoms. The molecule has 1 aromatic carbocycles. The highest BCUT2D eigenvalue weighted by atomic mass is 127. The normalized spacial score (nSPS) is 15.5. The molecule has 1 aliphatic heterocycles. The molecule has 1 aliphatic rings. The summed E-state index contributed by atoms with van der Waals surface area (Å²) in [6.07, 6.45) is 2.40. The van der Waals surface area contributed by atoms with E-state index >= 15 is 0 Å². The molecule has 3 rings (SSSR count). The average molecular weight is 544 g/mol. The van der Waals surface area contributed by atoms with Crippen LogP contribution in [0.2, 0.25) is 0 Å². The number of para-hydroxylation sites is 1. The molecule has 2 aromatic rings. The predicted octanol–water partition coefficient (Wildman–Crippen LogP) is 3.92. The van der Waals surface area contributed by atoms with Gasteiger partial charge in [0.2, 0.25) is 0 Å². The second-order valence-electron chi connectivity index (χ2n) is 7.39. The summed E-state index contributed by atoms with van der Waals surface area (Å²) < 4.78 is 5.74. The van der Waals surface area contributed by atoms with E-state index < -0.39 is 0 Å². The van der Waals surface area contributed by atoms with E-state index in [-0.39, 0.29) is 24.0 Å². The first-order valence-corrected chi connectivity index (χ1v) is 11.4. The largest absolute Gasteiger partial charge is 0.492 e. The van der Waals surface area contributed by atoms with Crippen molar-refractivity contribution in [2.75, 3.05) is 39.3 Å². The Kier molecular flexibility index (Phi) is 11.5. The van der Waals surface area contributed by atoms with Crippen LogP contribution in [0.25, 0.3) is 0 Å². The van der Waals surface area contributed by atoms with E-state index in [1.807, 2.05) is 30.3 Å². The number of likely N-dealkylation sites (tertiary alicyclic amines) is 1. The summed E-state index contributed by atoms with van der Waals surface area (Å²) in [5, 5.41) is 10.0. The number of rotatable bonds is 9. The van der Waals surface area contributed by atoms with Gasteiger partial charge in [0.15, 0.2) is 5.96 Å². The Hall–Kier alpha value is -1.39. The fourth-order valence-corrected chi connectivity index (χ4v) is 4.06. The molecule has 0 radical (unpaired) electrons. The standard InChI is InChI=1S/C22H33N5OS.HI/c1-3-23-22(24-11-14-28-21-7-5-4-6-8-21)25-15-19-9-12-27(13-10-19)16-20-17-29-18(2)26-20;/h4-8,17,19H,3,9-16H2,1-2H3,(H2,23,24,25);1H. The number of thiazole rings is 1. The average Bonchev–Trinajstić information content (AvgIpc) is 3.15. The minimum absolute atomic E-state index is 0. The lowest BCUT2D eigenvalue weighted by Crippen LogP contribution is -2.40. The van der Waals surface area contributed by atoms with Crippen molar-refractivity contribution in [2.24, 2.45) is 10.9 Å². The van der Waals surface area contributed by atoms with E-state index in [2.05, 4.69) is 39.7 Å². The molecule has 0 saturated carbocycles. The van der Waals surface area contributed by atoms with Crippen LogP contribution in [0.5, 0.6) is 5.75 Å². The molecule has 2 N–H and O–H groups in total. The van der Waals surface area contributed by atoms with Crippen molar-refractivity contribution in [1.29, 1.82) is 0 Å². The Labute approximate surface area is 201 Å². The molecule has 8 heteroatoms. The summed E-state index contributed by atoms with van der Waals surface area (Å²) in [7, 11) is 0. The molecular formula is C22H34IN5OS. The van der Waals surface area contributed by atoms with Gasteiger partial charge in [-0.25, -0.2) is 4.98 Å². The maximum absolute atomic E-state index is 5.74. The first-order chi connectivity index (χ1) is 14.2. The summed E-state index contributed by atoms with van der Waals surface area (Å²) in [5.74, 6) is 2.43. The number of aliphatic imine (C=N–C) groups is 1. The first-order valence-electron chi connectivity index (χ1n) is 10.6. The van der Waals surface area contributed by atoms with E-state index in [0.717, 1.165) is 56.0 Å². The molecule has 166 valence electrons. The van der Waals surface area contributed by atoms with Crippen LogP contribution >= 0.6 is 35.3 Å². The van der Waals surface area contributed by atoms with Gasteiger partial charge in [-0.2, -0.15) is 0 Å². The maximum atomic E-state index is 5.74. The van der Waals surface area contributed by atoms with Crippen molar-refractivity contribution in [3.05, 3.63) is 46.4 Å². The van der Waals surface area contributed by atoms with Crippen LogP contribution in [0.4, 0.5) is 0 Å². The van der Waals surface area contributed by atoms with E-state index in [9.17, 15) is 0 Å². The number of aryl methyl sites for hydroxylation is 1. The summed E-state index contributed by atoms with van der Waals surface area (Å²) in [4.78, 5) is 11.9. The zero-order valence-electron chi connectivity index (χ0n) is 18.0. The Bertz CT molecular complexity index is 747. The number of benzene rings is 1. The monoisotopic (exact) mass is 543 g/mol. The number of nitrogens with zero attached hydrogens (tertiary/aromatic N) is 3. The lowest BCUT2D eigenvalue weighted by atomic mass is 9.97. The van der Waals surface area contributed by atoms with Gasteiger partial charge in [-0.05, 0) is 57.8 Å². The molecule has 1 aromatic heterocycles. The molecule has 6 nitrogen and oxygen atoms in total. The third-order valence-corrected chi connectivity index (χ3v) is 5.84. The Morgan fingerprint density at radius 2 is 2.00 bits per heavy atom. The van der Waals surface area contributed by atoms with Crippen LogP contribution < -0.4 is 15.4 Å². The number of nitrogens with one attached hydrogen (secondary N) is 2. The molecule has 30 heavy (non-hydrogen) atoms. The number of guanidine groups is 1. The minimum atomic E-state index is 0. The van der Waals surface area contributed by atoms with Crippen LogP contribution in [0, 0.1) is 12.8 Å². The highest BCUT2D eigenvalue weighted by Crippen LogP contribution is 2.20. The molecule has 2 heterocycles. The molecular weight excluding hydrogens is 509 g/mol. The van der Waals surface area contributed by atoms with Crippen LogP contribution in [0.3, 0.4) is 0 Å². The smallest absolute Gasteiger partial charge is 0.191 e. The van der Waals surface area contributed by atoms with Crippen molar-refractivity contribution in [1.82, 2.24) is 20.5 Å². The van der Waals surface area contributed by atoms with Gasteiger partial charge in [-0.15, -0.1) is 35.3 Å². The van der Waals surface area contributed by atoms with Gasteiger partial charge in [-0.1, -0.05) is 18.2 Å². The zero-order chi connectivity index (χ0) is 20.3. The fourth-order valence-electron chi connectivity index (χ4n) is 3.45. The lowest BCUT2D eigenvalue weighted by molar-refractivity contribution is 0.179. The van der Waals surface area contributed by atoms with Gasteiger partial charge >= 0.3 is 0 Å². The maximum Gasteiger partial charge on any atom is 0.191 e. The number of ether oxygens (including phenoxy) is 1. The SMILES string of the molecule is CCNC(=NCC1CCN(Cc2csc(C)n2)CC1)NCCOc1ccccc1.I. The Morgan fingerprint density at radius 3 is 2.67 bits per heavy atom. The molecule has 1 fully saturated rings. The minimum Gasteiger partial charge on any atom is -0.492 e. The number of halogens is 1. The molecule has 0 atom stereocenters. The molecule has 1 saturated heterocycles. The predicted molar refractivity (Wildman–Crippen MR) is 136 cm³/mol. The van der Waals surface area contributed by atoms with Crippen LogP contribution in [-0.4, -0.2) is 55.2 Å². The third kappa shape index (κ3) is 8.77. The summed E-state index contributed by atoms with van der Waals surface area (Å²) in [5.41, 5.74) is 1.21. The summed E-state index contributed by atoms with van der Waals surface area (Å²) in [6.45, 7) is 10.5. The first kappa shape index (κ1) is 24.9. The van der Waals surface area contributed by atoms with Crippen molar-refractivity contribution >= 4 is 41.3 Å². The van der Waals surface area contributed by atoms with Crippen LogP contribution in [-0.2, 0) is 6.54 Å². The van der Waals surface area contributed by atoms with Gasteiger partial charge in [0.25, 0.3) is 0 Å². The third-order valence-electron chi connectivity index (χ3n) is 5.02. The molecule has 0 aliphatic carbocycles. The van der Waals surface area contributed by atoms with E-state index in [1.165, 1.54) is 18.5 Å². The second kappa shape index (κ2) is 13.8. The summed E-state index contributed by atoms with van der Waals surface area (Å²) >= 11 is 1.74. The van der Waals surface area contributed by atoms with E-state index in [1.54, 1.807) is 11.3 Å². The van der Waals surface area contributed by atoms with Gasteiger partial charge in [0.1, 0.15) is 12.4 Å². The Morgan fingerprint density at radius 1 is 1.23 bits per heavy atom. The van der Waals surface area contributed by atoms with Gasteiger partial charge in [0.05, 0.1) is 17.2 Å². The van der Waals surface area contributed by atoms with Crippen LogP contribution in [0.1, 0.15) is 30.5 Å². The van der Waals surface area contributed by atoms with Gasteiger partial charge in [0, 0.05) is 25.0 Å². The zero-order valence-corrected chi connectivity index (χ0v) is 21.1. The topological polar surface area (TPSA) is 61.8 Å². The van der Waals surface area contributed by atoms with Crippen molar-refractivity contribution in [2.45, 2.75) is 33.2 Å². The van der Waals surface area contributed by atoms with Gasteiger partial charge < -0.3 is 15.4 Å². The number of hydrogen-bond donors (Lipinski definition) is 2. The lowest BCUT2D eigenvalue weighted by Gasteiger charge is -2.30. The number of aromatic nitrogens is 1. The van der Waals surface area contributed by atoms with Crippen molar-refractivity contribution in [3.8, 4) is 5.75 Å².